The second kappa shape index (κ2) is 6.76. The van der Waals surface area contributed by atoms with E-state index in [9.17, 15) is 4.79 Å². The molecule has 0 fully saturated rings. The first-order valence-electron chi connectivity index (χ1n) is 5.93. The standard InChI is InChI=1S/C14H19N3O2/c1-16(2)14(18)10-17(3)9-11-5-6-13(19-4)12(7-11)8-15/h5-7H,9-10H2,1-4H3. The van der Waals surface area contributed by atoms with Gasteiger partial charge in [-0.1, -0.05) is 6.07 Å². The fourth-order valence-corrected chi connectivity index (χ4v) is 1.68. The first kappa shape index (κ1) is 15.0. The van der Waals surface area contributed by atoms with Crippen molar-refractivity contribution in [3.63, 3.8) is 0 Å². The molecule has 0 bridgehead atoms. The van der Waals surface area contributed by atoms with E-state index < -0.39 is 0 Å². The van der Waals surface area contributed by atoms with Crippen LogP contribution in [0.3, 0.4) is 0 Å². The summed E-state index contributed by atoms with van der Waals surface area (Å²) in [6, 6.07) is 7.56. The lowest BCUT2D eigenvalue weighted by atomic mass is 10.1. The van der Waals surface area contributed by atoms with E-state index in [0.717, 1.165) is 5.56 Å². The van der Waals surface area contributed by atoms with Crippen molar-refractivity contribution in [2.75, 3.05) is 34.8 Å². The summed E-state index contributed by atoms with van der Waals surface area (Å²) in [5.74, 6) is 0.620. The topological polar surface area (TPSA) is 56.6 Å². The van der Waals surface area contributed by atoms with E-state index in [4.69, 9.17) is 10.00 Å². The van der Waals surface area contributed by atoms with Gasteiger partial charge in [-0.25, -0.2) is 0 Å². The Morgan fingerprint density at radius 3 is 2.58 bits per heavy atom. The quantitative estimate of drug-likeness (QED) is 0.796. The second-order valence-corrected chi connectivity index (χ2v) is 4.61. The van der Waals surface area contributed by atoms with E-state index >= 15 is 0 Å². The average Bonchev–Trinajstić information content (AvgIpc) is 2.38. The highest BCUT2D eigenvalue weighted by atomic mass is 16.5. The Labute approximate surface area is 114 Å². The van der Waals surface area contributed by atoms with Gasteiger partial charge in [-0.05, 0) is 24.7 Å². The van der Waals surface area contributed by atoms with E-state index in [1.165, 1.54) is 7.11 Å². The summed E-state index contributed by atoms with van der Waals surface area (Å²) in [6.45, 7) is 0.958. The Bertz CT molecular complexity index is 492. The van der Waals surface area contributed by atoms with Crippen LogP contribution < -0.4 is 4.74 Å². The van der Waals surface area contributed by atoms with E-state index in [1.54, 1.807) is 31.1 Å². The molecule has 102 valence electrons. The summed E-state index contributed by atoms with van der Waals surface area (Å²) in [6.07, 6.45) is 0. The SMILES string of the molecule is COc1ccc(CN(C)CC(=O)N(C)C)cc1C#N. The minimum atomic E-state index is 0.0523. The molecule has 0 radical (unpaired) electrons. The van der Waals surface area contributed by atoms with Crippen molar-refractivity contribution in [1.29, 1.82) is 5.26 Å². The number of amides is 1. The molecule has 0 spiro atoms. The maximum absolute atomic E-state index is 11.6. The molecule has 0 aliphatic heterocycles. The molecule has 0 aliphatic rings. The fourth-order valence-electron chi connectivity index (χ4n) is 1.68. The molecule has 0 unspecified atom stereocenters. The van der Waals surface area contributed by atoms with Gasteiger partial charge in [0.2, 0.25) is 5.91 Å². The third kappa shape index (κ3) is 4.27. The largest absolute Gasteiger partial charge is 0.495 e. The third-order valence-electron chi connectivity index (χ3n) is 2.74. The molecule has 0 aliphatic carbocycles. The van der Waals surface area contributed by atoms with Crippen LogP contribution in [0.1, 0.15) is 11.1 Å². The number of methoxy groups -OCH3 is 1. The van der Waals surface area contributed by atoms with Gasteiger partial charge in [0.25, 0.3) is 0 Å². The number of nitrogens with zero attached hydrogens (tertiary/aromatic N) is 3. The van der Waals surface area contributed by atoms with E-state index in [1.807, 2.05) is 18.0 Å². The Morgan fingerprint density at radius 1 is 1.37 bits per heavy atom. The molecule has 1 aromatic carbocycles. The van der Waals surface area contributed by atoms with Crippen LogP contribution in [0.4, 0.5) is 0 Å². The minimum absolute atomic E-state index is 0.0523. The van der Waals surface area contributed by atoms with Crippen molar-refractivity contribution < 1.29 is 9.53 Å². The van der Waals surface area contributed by atoms with Crippen molar-refractivity contribution in [1.82, 2.24) is 9.80 Å². The Hall–Kier alpha value is -2.06. The van der Waals surface area contributed by atoms with Crippen LogP contribution in [-0.4, -0.2) is 50.5 Å². The van der Waals surface area contributed by atoms with Crippen molar-refractivity contribution >= 4 is 5.91 Å². The van der Waals surface area contributed by atoms with Gasteiger partial charge in [-0.15, -0.1) is 0 Å². The average molecular weight is 261 g/mol. The minimum Gasteiger partial charge on any atom is -0.495 e. The number of benzene rings is 1. The zero-order valence-corrected chi connectivity index (χ0v) is 11.8. The zero-order valence-electron chi connectivity index (χ0n) is 11.8. The number of carbonyl (C=O) groups excluding carboxylic acids is 1. The van der Waals surface area contributed by atoms with Gasteiger partial charge < -0.3 is 9.64 Å². The van der Waals surface area contributed by atoms with E-state index in [0.29, 0.717) is 24.4 Å². The smallest absolute Gasteiger partial charge is 0.236 e. The molecule has 0 heterocycles. The molecule has 1 aromatic rings. The Morgan fingerprint density at radius 2 is 2.05 bits per heavy atom. The van der Waals surface area contributed by atoms with Crippen LogP contribution in [0, 0.1) is 11.3 Å². The Balaban J connectivity index is 2.72. The molecule has 0 saturated carbocycles. The van der Waals surface area contributed by atoms with Crippen molar-refractivity contribution in [3.8, 4) is 11.8 Å². The van der Waals surface area contributed by atoms with Crippen molar-refractivity contribution in [2.24, 2.45) is 0 Å². The predicted octanol–water partition coefficient (Wildman–Crippen LogP) is 1.09. The maximum Gasteiger partial charge on any atom is 0.236 e. The summed E-state index contributed by atoms with van der Waals surface area (Å²) < 4.78 is 5.10. The normalized spacial score (nSPS) is 10.1. The number of rotatable bonds is 5. The van der Waals surface area contributed by atoms with Gasteiger partial charge in [0.1, 0.15) is 11.8 Å². The molecule has 0 atom stereocenters. The molecular formula is C14H19N3O2. The van der Waals surface area contributed by atoms with Gasteiger partial charge in [-0.3, -0.25) is 9.69 Å². The van der Waals surface area contributed by atoms with E-state index in [-0.39, 0.29) is 5.91 Å². The maximum atomic E-state index is 11.6. The first-order valence-corrected chi connectivity index (χ1v) is 5.93. The molecule has 0 N–H and O–H groups in total. The number of ether oxygens (including phenoxy) is 1. The number of likely N-dealkylation sites (N-methyl/N-ethyl adjacent to an activating group) is 2. The number of nitriles is 1. The second-order valence-electron chi connectivity index (χ2n) is 4.61. The van der Waals surface area contributed by atoms with Gasteiger partial charge in [0, 0.05) is 20.6 Å². The molecular weight excluding hydrogens is 242 g/mol. The highest BCUT2D eigenvalue weighted by Crippen LogP contribution is 2.19. The highest BCUT2D eigenvalue weighted by Gasteiger charge is 2.10. The van der Waals surface area contributed by atoms with Crippen LogP contribution in [0.15, 0.2) is 18.2 Å². The lowest BCUT2D eigenvalue weighted by Gasteiger charge is -2.19. The van der Waals surface area contributed by atoms with Crippen LogP contribution in [0.2, 0.25) is 0 Å². The van der Waals surface area contributed by atoms with Crippen LogP contribution in [0.5, 0.6) is 5.75 Å². The molecule has 5 nitrogen and oxygen atoms in total. The van der Waals surface area contributed by atoms with Crippen LogP contribution in [-0.2, 0) is 11.3 Å². The molecule has 0 aromatic heterocycles. The summed E-state index contributed by atoms with van der Waals surface area (Å²) in [5.41, 5.74) is 1.48. The van der Waals surface area contributed by atoms with Crippen molar-refractivity contribution in [2.45, 2.75) is 6.54 Å². The van der Waals surface area contributed by atoms with Crippen LogP contribution in [0.25, 0.3) is 0 Å². The lowest BCUT2D eigenvalue weighted by molar-refractivity contribution is -0.129. The fraction of sp³-hybridized carbons (Fsp3) is 0.429. The van der Waals surface area contributed by atoms with Gasteiger partial charge in [-0.2, -0.15) is 5.26 Å². The molecule has 5 heteroatoms. The monoisotopic (exact) mass is 261 g/mol. The van der Waals surface area contributed by atoms with E-state index in [2.05, 4.69) is 6.07 Å². The molecule has 19 heavy (non-hydrogen) atoms. The Kier molecular flexibility index (Phi) is 5.34. The van der Waals surface area contributed by atoms with Gasteiger partial charge in [0.05, 0.1) is 19.2 Å². The lowest BCUT2D eigenvalue weighted by Crippen LogP contribution is -2.34. The number of carbonyl (C=O) groups is 1. The van der Waals surface area contributed by atoms with Gasteiger partial charge >= 0.3 is 0 Å². The number of hydrogen-bond acceptors (Lipinski definition) is 4. The van der Waals surface area contributed by atoms with Crippen molar-refractivity contribution in [3.05, 3.63) is 29.3 Å². The summed E-state index contributed by atoms with van der Waals surface area (Å²) in [4.78, 5) is 15.0. The third-order valence-corrected chi connectivity index (χ3v) is 2.74. The zero-order chi connectivity index (χ0) is 14.4. The first-order chi connectivity index (χ1) is 8.97. The summed E-state index contributed by atoms with van der Waals surface area (Å²) >= 11 is 0. The predicted molar refractivity (Wildman–Crippen MR) is 72.7 cm³/mol. The van der Waals surface area contributed by atoms with Gasteiger partial charge in [0.15, 0.2) is 0 Å². The van der Waals surface area contributed by atoms with Crippen LogP contribution >= 0.6 is 0 Å². The summed E-state index contributed by atoms with van der Waals surface area (Å²) in [7, 11) is 6.88. The number of hydrogen-bond donors (Lipinski definition) is 0. The molecule has 1 amide bonds. The summed E-state index contributed by atoms with van der Waals surface area (Å²) in [5, 5.41) is 9.02. The molecule has 0 saturated heterocycles. The molecule has 1 rings (SSSR count). The highest BCUT2D eigenvalue weighted by molar-refractivity contribution is 5.77.